The standard InChI is InChI=1S/C15H14N4O/c1-11-5-4-8-16-15(11)18-14(20)10-19-13-7-3-2-6-12(13)9-17-19/h2-9H,10H2,1H3,(H,16,18,20). The highest BCUT2D eigenvalue weighted by molar-refractivity contribution is 5.91. The average molecular weight is 266 g/mol. The van der Waals surface area contributed by atoms with Crippen molar-refractivity contribution in [3.8, 4) is 0 Å². The zero-order valence-corrected chi connectivity index (χ0v) is 11.1. The van der Waals surface area contributed by atoms with Gasteiger partial charge in [0, 0.05) is 11.6 Å². The summed E-state index contributed by atoms with van der Waals surface area (Å²) in [4.78, 5) is 16.2. The lowest BCUT2D eigenvalue weighted by Crippen LogP contribution is -2.20. The molecule has 20 heavy (non-hydrogen) atoms. The molecule has 1 N–H and O–H groups in total. The largest absolute Gasteiger partial charge is 0.309 e. The average Bonchev–Trinajstić information content (AvgIpc) is 2.85. The highest BCUT2D eigenvalue weighted by Gasteiger charge is 2.09. The number of aryl methyl sites for hydroxylation is 1. The van der Waals surface area contributed by atoms with Crippen LogP contribution in [0, 0.1) is 6.92 Å². The van der Waals surface area contributed by atoms with Crippen LogP contribution in [0.3, 0.4) is 0 Å². The number of anilines is 1. The topological polar surface area (TPSA) is 59.8 Å². The van der Waals surface area contributed by atoms with Gasteiger partial charge in [-0.15, -0.1) is 0 Å². The van der Waals surface area contributed by atoms with Crippen molar-refractivity contribution in [2.75, 3.05) is 5.32 Å². The Morgan fingerprint density at radius 2 is 2.10 bits per heavy atom. The van der Waals surface area contributed by atoms with Crippen LogP contribution in [0.15, 0.2) is 48.8 Å². The molecule has 0 saturated carbocycles. The normalized spacial score (nSPS) is 10.7. The van der Waals surface area contributed by atoms with E-state index in [1.807, 2.05) is 43.3 Å². The van der Waals surface area contributed by atoms with Crippen LogP contribution in [0.5, 0.6) is 0 Å². The fourth-order valence-electron chi connectivity index (χ4n) is 2.08. The van der Waals surface area contributed by atoms with Gasteiger partial charge in [-0.05, 0) is 24.6 Å². The van der Waals surface area contributed by atoms with Crippen LogP contribution in [0.4, 0.5) is 5.82 Å². The highest BCUT2D eigenvalue weighted by atomic mass is 16.2. The van der Waals surface area contributed by atoms with Crippen LogP contribution in [0.25, 0.3) is 10.9 Å². The molecule has 0 bridgehead atoms. The molecule has 0 radical (unpaired) electrons. The van der Waals surface area contributed by atoms with E-state index in [0.717, 1.165) is 16.5 Å². The van der Waals surface area contributed by atoms with Crippen molar-refractivity contribution in [3.63, 3.8) is 0 Å². The summed E-state index contributed by atoms with van der Waals surface area (Å²) < 4.78 is 1.68. The molecule has 0 aliphatic rings. The maximum absolute atomic E-state index is 12.1. The smallest absolute Gasteiger partial charge is 0.247 e. The van der Waals surface area contributed by atoms with Gasteiger partial charge < -0.3 is 5.32 Å². The minimum Gasteiger partial charge on any atom is -0.309 e. The number of benzene rings is 1. The zero-order chi connectivity index (χ0) is 13.9. The Morgan fingerprint density at radius 3 is 2.95 bits per heavy atom. The summed E-state index contributed by atoms with van der Waals surface area (Å²) in [6.07, 6.45) is 3.42. The first-order chi connectivity index (χ1) is 9.74. The van der Waals surface area contributed by atoms with E-state index in [2.05, 4.69) is 15.4 Å². The van der Waals surface area contributed by atoms with Gasteiger partial charge in [0.2, 0.25) is 5.91 Å². The SMILES string of the molecule is Cc1cccnc1NC(=O)Cn1ncc2ccccc21. The molecule has 0 aliphatic heterocycles. The molecule has 0 spiro atoms. The molecule has 0 unspecified atom stereocenters. The van der Waals surface area contributed by atoms with Gasteiger partial charge >= 0.3 is 0 Å². The number of rotatable bonds is 3. The summed E-state index contributed by atoms with van der Waals surface area (Å²) in [7, 11) is 0. The van der Waals surface area contributed by atoms with Crippen molar-refractivity contribution < 1.29 is 4.79 Å². The maximum Gasteiger partial charge on any atom is 0.247 e. The van der Waals surface area contributed by atoms with E-state index in [1.165, 1.54) is 0 Å². The fraction of sp³-hybridized carbons (Fsp3) is 0.133. The number of aromatic nitrogens is 3. The molecule has 3 aromatic rings. The maximum atomic E-state index is 12.1. The van der Waals surface area contributed by atoms with E-state index in [4.69, 9.17) is 0 Å². The third-order valence-corrected chi connectivity index (χ3v) is 3.11. The number of nitrogens with one attached hydrogen (secondary N) is 1. The number of pyridine rings is 1. The summed E-state index contributed by atoms with van der Waals surface area (Å²) in [5.41, 5.74) is 1.88. The van der Waals surface area contributed by atoms with Gasteiger partial charge in [-0.3, -0.25) is 9.48 Å². The highest BCUT2D eigenvalue weighted by Crippen LogP contribution is 2.13. The second-order valence-corrected chi connectivity index (χ2v) is 4.58. The molecule has 3 rings (SSSR count). The monoisotopic (exact) mass is 266 g/mol. The quantitative estimate of drug-likeness (QED) is 0.791. The van der Waals surface area contributed by atoms with E-state index in [-0.39, 0.29) is 12.5 Å². The molecule has 2 heterocycles. The van der Waals surface area contributed by atoms with E-state index in [9.17, 15) is 4.79 Å². The van der Waals surface area contributed by atoms with Crippen LogP contribution in [0.2, 0.25) is 0 Å². The number of hydrogen-bond acceptors (Lipinski definition) is 3. The van der Waals surface area contributed by atoms with Crippen molar-refractivity contribution in [2.45, 2.75) is 13.5 Å². The molecule has 0 fully saturated rings. The van der Waals surface area contributed by atoms with Gasteiger partial charge in [0.05, 0.1) is 11.7 Å². The lowest BCUT2D eigenvalue weighted by Gasteiger charge is -2.07. The first-order valence-corrected chi connectivity index (χ1v) is 6.36. The van der Waals surface area contributed by atoms with E-state index in [0.29, 0.717) is 5.82 Å². The van der Waals surface area contributed by atoms with Gasteiger partial charge in [0.15, 0.2) is 0 Å². The Kier molecular flexibility index (Phi) is 3.16. The van der Waals surface area contributed by atoms with Gasteiger partial charge in [0.1, 0.15) is 12.4 Å². The van der Waals surface area contributed by atoms with Crippen LogP contribution in [-0.4, -0.2) is 20.7 Å². The second kappa shape index (κ2) is 5.13. The first-order valence-electron chi connectivity index (χ1n) is 6.36. The molecular weight excluding hydrogens is 252 g/mol. The lowest BCUT2D eigenvalue weighted by molar-refractivity contribution is -0.116. The van der Waals surface area contributed by atoms with Gasteiger partial charge in [-0.25, -0.2) is 4.98 Å². The Balaban J connectivity index is 1.78. The number of fused-ring (bicyclic) bond motifs is 1. The van der Waals surface area contributed by atoms with Crippen molar-refractivity contribution in [1.29, 1.82) is 0 Å². The third-order valence-electron chi connectivity index (χ3n) is 3.11. The first kappa shape index (κ1) is 12.3. The Bertz CT molecular complexity index is 763. The Labute approximate surface area is 116 Å². The molecule has 2 aromatic heterocycles. The summed E-state index contributed by atoms with van der Waals surface area (Å²) in [6, 6.07) is 11.5. The number of carbonyl (C=O) groups is 1. The van der Waals surface area contributed by atoms with E-state index >= 15 is 0 Å². The van der Waals surface area contributed by atoms with Crippen LogP contribution in [-0.2, 0) is 11.3 Å². The molecule has 1 amide bonds. The zero-order valence-electron chi connectivity index (χ0n) is 11.1. The molecule has 1 aromatic carbocycles. The second-order valence-electron chi connectivity index (χ2n) is 4.58. The number of amides is 1. The molecule has 5 heteroatoms. The number of hydrogen-bond donors (Lipinski definition) is 1. The summed E-state index contributed by atoms with van der Waals surface area (Å²) >= 11 is 0. The molecule has 5 nitrogen and oxygen atoms in total. The van der Waals surface area contributed by atoms with Gasteiger partial charge in [-0.1, -0.05) is 24.3 Å². The number of carbonyl (C=O) groups excluding carboxylic acids is 1. The summed E-state index contributed by atoms with van der Waals surface area (Å²) in [5.74, 6) is 0.453. The van der Waals surface area contributed by atoms with Gasteiger partial charge in [0.25, 0.3) is 0 Å². The molecule has 100 valence electrons. The minimum atomic E-state index is -0.138. The Hall–Kier alpha value is -2.69. The van der Waals surface area contributed by atoms with Crippen molar-refractivity contribution in [3.05, 3.63) is 54.4 Å². The van der Waals surface area contributed by atoms with Gasteiger partial charge in [-0.2, -0.15) is 5.10 Å². The van der Waals surface area contributed by atoms with Crippen LogP contribution < -0.4 is 5.32 Å². The fourth-order valence-corrected chi connectivity index (χ4v) is 2.08. The predicted molar refractivity (Wildman–Crippen MR) is 77.3 cm³/mol. The van der Waals surface area contributed by atoms with Crippen molar-refractivity contribution in [2.24, 2.45) is 0 Å². The van der Waals surface area contributed by atoms with Crippen LogP contribution >= 0.6 is 0 Å². The van der Waals surface area contributed by atoms with Crippen molar-refractivity contribution in [1.82, 2.24) is 14.8 Å². The molecule has 0 atom stereocenters. The molecular formula is C15H14N4O. The minimum absolute atomic E-state index is 0.138. The summed E-state index contributed by atoms with van der Waals surface area (Å²) in [6.45, 7) is 2.08. The lowest BCUT2D eigenvalue weighted by atomic mass is 10.2. The number of para-hydroxylation sites is 1. The molecule has 0 aliphatic carbocycles. The molecule has 0 saturated heterocycles. The van der Waals surface area contributed by atoms with E-state index < -0.39 is 0 Å². The van der Waals surface area contributed by atoms with Crippen molar-refractivity contribution >= 4 is 22.6 Å². The van der Waals surface area contributed by atoms with Crippen LogP contribution in [0.1, 0.15) is 5.56 Å². The Morgan fingerprint density at radius 1 is 1.25 bits per heavy atom. The summed E-state index contributed by atoms with van der Waals surface area (Å²) in [5, 5.41) is 8.06. The predicted octanol–water partition coefficient (Wildman–Crippen LogP) is 2.38. The third kappa shape index (κ3) is 2.38. The van der Waals surface area contributed by atoms with E-state index in [1.54, 1.807) is 17.1 Å². The number of nitrogens with zero attached hydrogens (tertiary/aromatic N) is 3.